The molecule has 0 bridgehead atoms. The monoisotopic (exact) mass is 355 g/mol. The summed E-state index contributed by atoms with van der Waals surface area (Å²) in [5.74, 6) is -2.86. The number of halogens is 3. The van der Waals surface area contributed by atoms with Crippen molar-refractivity contribution >= 4 is 22.9 Å². The molecule has 0 spiro atoms. The van der Waals surface area contributed by atoms with Gasteiger partial charge in [0.2, 0.25) is 11.7 Å². The highest BCUT2D eigenvalue weighted by Crippen LogP contribution is 2.35. The van der Waals surface area contributed by atoms with Gasteiger partial charge in [0.25, 0.3) is 0 Å². The lowest BCUT2D eigenvalue weighted by Crippen LogP contribution is -2.55. The second kappa shape index (κ2) is 6.05. The summed E-state index contributed by atoms with van der Waals surface area (Å²) in [5.41, 5.74) is -0.519. The summed E-state index contributed by atoms with van der Waals surface area (Å²) in [6.07, 6.45) is -3.16. The van der Waals surface area contributed by atoms with Crippen LogP contribution in [-0.4, -0.2) is 32.1 Å². The first-order chi connectivity index (χ1) is 11.7. The number of aliphatic carboxylic acids is 1. The minimum Gasteiger partial charge on any atom is -0.481 e. The number of hydrogen-bond acceptors (Lipinski definition) is 3. The van der Waals surface area contributed by atoms with Gasteiger partial charge in [0.15, 0.2) is 0 Å². The summed E-state index contributed by atoms with van der Waals surface area (Å²) in [6, 6.07) is 6.03. The molecule has 2 N–H and O–H groups in total. The molecular formula is C16H16F3N3O3. The number of imidazole rings is 1. The van der Waals surface area contributed by atoms with Crippen LogP contribution in [0.3, 0.4) is 0 Å². The Kier molecular flexibility index (Phi) is 4.18. The number of hydrogen-bond donors (Lipinski definition) is 2. The van der Waals surface area contributed by atoms with Crippen molar-refractivity contribution < 1.29 is 27.9 Å². The highest BCUT2D eigenvalue weighted by Gasteiger charge is 2.41. The molecule has 1 amide bonds. The van der Waals surface area contributed by atoms with Gasteiger partial charge in [-0.25, -0.2) is 4.98 Å². The van der Waals surface area contributed by atoms with E-state index in [-0.39, 0.29) is 17.5 Å². The van der Waals surface area contributed by atoms with E-state index in [0.717, 1.165) is 11.0 Å². The van der Waals surface area contributed by atoms with E-state index >= 15 is 0 Å². The summed E-state index contributed by atoms with van der Waals surface area (Å²) in [7, 11) is 0. The predicted molar refractivity (Wildman–Crippen MR) is 81.7 cm³/mol. The fourth-order valence-electron chi connectivity index (χ4n) is 3.17. The van der Waals surface area contributed by atoms with E-state index in [2.05, 4.69) is 10.3 Å². The topological polar surface area (TPSA) is 84.2 Å². The van der Waals surface area contributed by atoms with Gasteiger partial charge in [0.1, 0.15) is 6.54 Å². The molecule has 1 aromatic carbocycles. The van der Waals surface area contributed by atoms with Gasteiger partial charge in [0, 0.05) is 0 Å². The first kappa shape index (κ1) is 17.2. The summed E-state index contributed by atoms with van der Waals surface area (Å²) >= 11 is 0. The number of carbonyl (C=O) groups excluding carboxylic acids is 1. The van der Waals surface area contributed by atoms with E-state index in [9.17, 15) is 22.8 Å². The number of fused-ring (bicyclic) bond motifs is 1. The second-order valence-electron chi connectivity index (χ2n) is 6.26. The van der Waals surface area contributed by atoms with Crippen molar-refractivity contribution in [2.75, 3.05) is 0 Å². The fourth-order valence-corrected chi connectivity index (χ4v) is 3.17. The third-order valence-electron chi connectivity index (χ3n) is 4.41. The van der Waals surface area contributed by atoms with Crippen LogP contribution in [-0.2, 0) is 22.3 Å². The maximum Gasteiger partial charge on any atom is 0.449 e. The lowest BCUT2D eigenvalue weighted by Gasteiger charge is -2.41. The van der Waals surface area contributed by atoms with Gasteiger partial charge in [0.05, 0.1) is 23.0 Å². The largest absolute Gasteiger partial charge is 0.481 e. The van der Waals surface area contributed by atoms with E-state index < -0.39 is 36.0 Å². The third kappa shape index (κ3) is 3.45. The van der Waals surface area contributed by atoms with Crippen LogP contribution >= 0.6 is 0 Å². The maximum absolute atomic E-state index is 13.2. The smallest absolute Gasteiger partial charge is 0.449 e. The molecule has 1 aliphatic rings. The number of nitrogens with one attached hydrogen (secondary N) is 1. The van der Waals surface area contributed by atoms with Crippen molar-refractivity contribution in [1.82, 2.24) is 14.9 Å². The Morgan fingerprint density at radius 1 is 1.28 bits per heavy atom. The fraction of sp³-hybridized carbons (Fsp3) is 0.438. The lowest BCUT2D eigenvalue weighted by atomic mass is 9.74. The maximum atomic E-state index is 13.2. The first-order valence-corrected chi connectivity index (χ1v) is 7.75. The van der Waals surface area contributed by atoms with E-state index in [1.165, 1.54) is 12.1 Å². The zero-order chi connectivity index (χ0) is 18.2. The highest BCUT2D eigenvalue weighted by molar-refractivity contribution is 5.82. The van der Waals surface area contributed by atoms with Crippen molar-refractivity contribution in [3.05, 3.63) is 30.1 Å². The van der Waals surface area contributed by atoms with Crippen LogP contribution in [0.4, 0.5) is 13.2 Å². The highest BCUT2D eigenvalue weighted by atomic mass is 19.4. The van der Waals surface area contributed by atoms with Gasteiger partial charge in [-0.05, 0) is 31.4 Å². The molecule has 1 saturated carbocycles. The number of para-hydroxylation sites is 2. The average Bonchev–Trinajstić information content (AvgIpc) is 2.83. The molecule has 9 heteroatoms. The van der Waals surface area contributed by atoms with Crippen molar-refractivity contribution in [1.29, 1.82) is 0 Å². The Bertz CT molecular complexity index is 825. The molecule has 1 heterocycles. The number of aromatic nitrogens is 2. The molecule has 0 radical (unpaired) electrons. The summed E-state index contributed by atoms with van der Waals surface area (Å²) in [4.78, 5) is 26.8. The molecule has 0 atom stereocenters. The molecule has 2 aromatic rings. The van der Waals surface area contributed by atoms with Crippen molar-refractivity contribution in [2.45, 2.75) is 43.9 Å². The molecule has 6 nitrogen and oxygen atoms in total. The molecule has 134 valence electrons. The number of alkyl halides is 3. The number of amides is 1. The standard InChI is InChI=1S/C16H16F3N3O3/c17-16(18,19)14-20-10-4-1-2-5-11(10)22(14)9-12(23)21-15(6-3-7-15)8-13(24)25/h1-2,4-5H,3,6-9H2,(H,21,23)(H,24,25). The quantitative estimate of drug-likeness (QED) is 0.863. The number of carboxylic acids is 1. The van der Waals surface area contributed by atoms with Crippen LogP contribution < -0.4 is 5.32 Å². The molecule has 1 aliphatic carbocycles. The Hall–Kier alpha value is -2.58. The normalized spacial score (nSPS) is 16.4. The van der Waals surface area contributed by atoms with Crippen molar-refractivity contribution in [3.8, 4) is 0 Å². The van der Waals surface area contributed by atoms with Gasteiger partial charge < -0.3 is 15.0 Å². The summed E-state index contributed by atoms with van der Waals surface area (Å²) < 4.78 is 40.5. The molecular weight excluding hydrogens is 339 g/mol. The molecule has 0 saturated heterocycles. The van der Waals surface area contributed by atoms with E-state index in [1.807, 2.05) is 0 Å². The van der Waals surface area contributed by atoms with E-state index in [4.69, 9.17) is 5.11 Å². The number of carbonyl (C=O) groups is 2. The zero-order valence-electron chi connectivity index (χ0n) is 13.1. The second-order valence-corrected chi connectivity index (χ2v) is 6.26. The summed E-state index contributed by atoms with van der Waals surface area (Å²) in [6.45, 7) is -0.573. The van der Waals surface area contributed by atoms with Crippen LogP contribution in [0.15, 0.2) is 24.3 Å². The Balaban J connectivity index is 1.87. The number of carboxylic acid groups (broad SMARTS) is 1. The predicted octanol–water partition coefficient (Wildman–Crippen LogP) is 2.57. The Labute approximate surface area is 140 Å². The van der Waals surface area contributed by atoms with Gasteiger partial charge >= 0.3 is 12.1 Å². The number of benzene rings is 1. The van der Waals surface area contributed by atoms with Crippen LogP contribution in [0.25, 0.3) is 11.0 Å². The average molecular weight is 355 g/mol. The summed E-state index contributed by atoms with van der Waals surface area (Å²) in [5, 5.41) is 11.6. The molecule has 0 unspecified atom stereocenters. The Morgan fingerprint density at radius 3 is 2.52 bits per heavy atom. The van der Waals surface area contributed by atoms with Gasteiger partial charge in [-0.2, -0.15) is 13.2 Å². The molecule has 3 rings (SSSR count). The third-order valence-corrected chi connectivity index (χ3v) is 4.41. The first-order valence-electron chi connectivity index (χ1n) is 7.75. The molecule has 1 aromatic heterocycles. The SMILES string of the molecule is O=C(O)CC1(NC(=O)Cn2c(C(F)(F)F)nc3ccccc32)CCC1. The lowest BCUT2D eigenvalue weighted by molar-refractivity contribution is -0.147. The molecule has 0 aliphatic heterocycles. The van der Waals surface area contributed by atoms with Gasteiger partial charge in [-0.3, -0.25) is 9.59 Å². The molecule has 25 heavy (non-hydrogen) atoms. The van der Waals surface area contributed by atoms with Gasteiger partial charge in [-0.15, -0.1) is 0 Å². The number of rotatable bonds is 5. The minimum atomic E-state index is -4.70. The van der Waals surface area contributed by atoms with Crippen LogP contribution in [0.1, 0.15) is 31.5 Å². The van der Waals surface area contributed by atoms with E-state index in [1.54, 1.807) is 12.1 Å². The Morgan fingerprint density at radius 2 is 1.96 bits per heavy atom. The van der Waals surface area contributed by atoms with Crippen molar-refractivity contribution in [2.24, 2.45) is 0 Å². The van der Waals surface area contributed by atoms with Crippen LogP contribution in [0.2, 0.25) is 0 Å². The number of nitrogens with zero attached hydrogens (tertiary/aromatic N) is 2. The van der Waals surface area contributed by atoms with E-state index in [0.29, 0.717) is 12.8 Å². The van der Waals surface area contributed by atoms with Crippen LogP contribution in [0.5, 0.6) is 0 Å². The zero-order valence-corrected chi connectivity index (χ0v) is 13.1. The van der Waals surface area contributed by atoms with Crippen LogP contribution in [0, 0.1) is 0 Å². The van der Waals surface area contributed by atoms with Gasteiger partial charge in [-0.1, -0.05) is 12.1 Å². The van der Waals surface area contributed by atoms with Crippen molar-refractivity contribution in [3.63, 3.8) is 0 Å². The molecule has 1 fully saturated rings. The minimum absolute atomic E-state index is 0.145.